The largest absolute Gasteiger partial charge is 0.293 e. The van der Waals surface area contributed by atoms with Gasteiger partial charge in [-0.3, -0.25) is 8.97 Å². The molecule has 0 atom stereocenters. The number of benzene rings is 3. The maximum atomic E-state index is 6.39. The lowest BCUT2D eigenvalue weighted by Gasteiger charge is -2.13. The van der Waals surface area contributed by atoms with Crippen molar-refractivity contribution < 1.29 is 0 Å². The standard InChI is InChI=1S/C25H16ClN5/c26-19-12-7-13-20(14-19)31-23(18-10-5-2-6-11-18)21(17-8-3-1-4-9-17)22-24(31)27-15-30-16-28-29-25(22)30/h1-16H. The predicted octanol–water partition coefficient (Wildman–Crippen LogP) is 6.06. The summed E-state index contributed by atoms with van der Waals surface area (Å²) in [5.41, 5.74) is 6.78. The molecule has 3 aromatic heterocycles. The summed E-state index contributed by atoms with van der Waals surface area (Å²) >= 11 is 6.39. The minimum absolute atomic E-state index is 0.670. The molecule has 0 saturated carbocycles. The van der Waals surface area contributed by atoms with Gasteiger partial charge < -0.3 is 0 Å². The Labute approximate surface area is 183 Å². The Morgan fingerprint density at radius 2 is 1.45 bits per heavy atom. The molecule has 5 nitrogen and oxygen atoms in total. The Morgan fingerprint density at radius 3 is 2.19 bits per heavy atom. The number of aromatic nitrogens is 5. The zero-order valence-electron chi connectivity index (χ0n) is 16.4. The maximum absolute atomic E-state index is 6.39. The van der Waals surface area contributed by atoms with E-state index in [9.17, 15) is 0 Å². The van der Waals surface area contributed by atoms with Gasteiger partial charge in [-0.05, 0) is 29.3 Å². The highest BCUT2D eigenvalue weighted by molar-refractivity contribution is 6.30. The summed E-state index contributed by atoms with van der Waals surface area (Å²) in [5.74, 6) is 0. The third kappa shape index (κ3) is 2.82. The van der Waals surface area contributed by atoms with Gasteiger partial charge >= 0.3 is 0 Å². The fourth-order valence-corrected chi connectivity index (χ4v) is 4.32. The van der Waals surface area contributed by atoms with Crippen LogP contribution in [0, 0.1) is 0 Å². The van der Waals surface area contributed by atoms with Gasteiger partial charge in [0.1, 0.15) is 12.7 Å². The quantitative estimate of drug-likeness (QED) is 0.349. The number of hydrogen-bond donors (Lipinski definition) is 0. The van der Waals surface area contributed by atoms with Gasteiger partial charge in [0.25, 0.3) is 0 Å². The van der Waals surface area contributed by atoms with Gasteiger partial charge in [0.05, 0.1) is 11.1 Å². The smallest absolute Gasteiger partial charge is 0.173 e. The van der Waals surface area contributed by atoms with Crippen molar-refractivity contribution in [2.24, 2.45) is 0 Å². The van der Waals surface area contributed by atoms with Crippen molar-refractivity contribution in [2.45, 2.75) is 0 Å². The first kappa shape index (κ1) is 17.9. The molecule has 0 aliphatic heterocycles. The van der Waals surface area contributed by atoms with Crippen LogP contribution < -0.4 is 0 Å². The summed E-state index contributed by atoms with van der Waals surface area (Å²) in [4.78, 5) is 4.82. The van der Waals surface area contributed by atoms with Crippen molar-refractivity contribution in [1.82, 2.24) is 24.1 Å². The zero-order chi connectivity index (χ0) is 20.8. The fraction of sp³-hybridized carbons (Fsp3) is 0. The lowest BCUT2D eigenvalue weighted by Crippen LogP contribution is -1.99. The molecular formula is C25H16ClN5. The third-order valence-electron chi connectivity index (χ3n) is 5.42. The highest BCUT2D eigenvalue weighted by Gasteiger charge is 2.24. The molecule has 0 amide bonds. The Morgan fingerprint density at radius 1 is 0.710 bits per heavy atom. The molecule has 3 heterocycles. The van der Waals surface area contributed by atoms with Crippen LogP contribution in [0.15, 0.2) is 97.6 Å². The molecule has 0 saturated heterocycles. The van der Waals surface area contributed by atoms with Crippen molar-refractivity contribution in [3.8, 4) is 28.1 Å². The molecule has 0 unspecified atom stereocenters. The normalized spacial score (nSPS) is 11.4. The molecule has 6 heteroatoms. The molecule has 0 bridgehead atoms. The van der Waals surface area contributed by atoms with E-state index in [2.05, 4.69) is 39.0 Å². The van der Waals surface area contributed by atoms with Gasteiger partial charge in [0.2, 0.25) is 0 Å². The summed E-state index contributed by atoms with van der Waals surface area (Å²) in [6.07, 6.45) is 3.43. The number of nitrogens with zero attached hydrogens (tertiary/aromatic N) is 5. The van der Waals surface area contributed by atoms with Crippen molar-refractivity contribution in [2.75, 3.05) is 0 Å². The Balaban J connectivity index is 1.87. The van der Waals surface area contributed by atoms with E-state index in [1.54, 1.807) is 12.7 Å². The molecule has 0 fully saturated rings. The first-order valence-electron chi connectivity index (χ1n) is 9.91. The van der Waals surface area contributed by atoms with Gasteiger partial charge in [-0.25, -0.2) is 4.98 Å². The van der Waals surface area contributed by atoms with E-state index in [4.69, 9.17) is 16.6 Å². The van der Waals surface area contributed by atoms with Crippen molar-refractivity contribution in [3.63, 3.8) is 0 Å². The topological polar surface area (TPSA) is 48.0 Å². The van der Waals surface area contributed by atoms with Crippen LogP contribution >= 0.6 is 11.6 Å². The molecular weight excluding hydrogens is 406 g/mol. The first-order valence-corrected chi connectivity index (χ1v) is 10.3. The van der Waals surface area contributed by atoms with Crippen molar-refractivity contribution in [1.29, 1.82) is 0 Å². The third-order valence-corrected chi connectivity index (χ3v) is 5.66. The van der Waals surface area contributed by atoms with E-state index in [0.29, 0.717) is 5.02 Å². The summed E-state index contributed by atoms with van der Waals surface area (Å²) in [5, 5.41) is 10.2. The number of hydrogen-bond acceptors (Lipinski definition) is 3. The highest BCUT2D eigenvalue weighted by Crippen LogP contribution is 2.43. The Bertz CT molecular complexity index is 1530. The molecule has 0 N–H and O–H groups in total. The summed E-state index contributed by atoms with van der Waals surface area (Å²) < 4.78 is 4.01. The SMILES string of the molecule is Clc1cccc(-n2c(-c3ccccc3)c(-c3ccccc3)c3c2ncn2cnnc32)c1. The zero-order valence-corrected chi connectivity index (χ0v) is 17.1. The minimum atomic E-state index is 0.670. The van der Waals surface area contributed by atoms with Crippen LogP contribution in [0.4, 0.5) is 0 Å². The van der Waals surface area contributed by atoms with E-state index in [0.717, 1.165) is 44.8 Å². The van der Waals surface area contributed by atoms with Crippen LogP contribution in [-0.4, -0.2) is 24.1 Å². The first-order chi connectivity index (χ1) is 15.3. The lowest BCUT2D eigenvalue weighted by atomic mass is 9.99. The van der Waals surface area contributed by atoms with Crippen LogP contribution in [0.25, 0.3) is 44.8 Å². The molecule has 31 heavy (non-hydrogen) atoms. The molecule has 3 aromatic carbocycles. The average Bonchev–Trinajstić information content (AvgIpc) is 3.42. The van der Waals surface area contributed by atoms with Crippen LogP contribution in [-0.2, 0) is 0 Å². The second-order valence-corrected chi connectivity index (χ2v) is 7.71. The number of halogens is 1. The van der Waals surface area contributed by atoms with Crippen LogP contribution in [0.5, 0.6) is 0 Å². The monoisotopic (exact) mass is 421 g/mol. The van der Waals surface area contributed by atoms with Gasteiger partial charge in [0.15, 0.2) is 11.3 Å². The van der Waals surface area contributed by atoms with Crippen molar-refractivity contribution >= 4 is 28.3 Å². The van der Waals surface area contributed by atoms with Gasteiger partial charge in [-0.2, -0.15) is 0 Å². The second-order valence-electron chi connectivity index (χ2n) is 7.28. The van der Waals surface area contributed by atoms with Crippen LogP contribution in [0.2, 0.25) is 5.02 Å². The number of fused-ring (bicyclic) bond motifs is 3. The van der Waals surface area contributed by atoms with Crippen molar-refractivity contribution in [3.05, 3.63) is 103 Å². The highest BCUT2D eigenvalue weighted by atomic mass is 35.5. The maximum Gasteiger partial charge on any atom is 0.173 e. The van der Waals surface area contributed by atoms with E-state index < -0.39 is 0 Å². The number of rotatable bonds is 3. The van der Waals surface area contributed by atoms with E-state index in [1.807, 2.05) is 65.1 Å². The Kier molecular flexibility index (Phi) is 4.08. The minimum Gasteiger partial charge on any atom is -0.293 e. The van der Waals surface area contributed by atoms with Crippen LogP contribution in [0.1, 0.15) is 0 Å². The van der Waals surface area contributed by atoms with E-state index >= 15 is 0 Å². The second kappa shape index (κ2) is 7.07. The molecule has 0 aliphatic rings. The summed E-state index contributed by atoms with van der Waals surface area (Å²) in [6.45, 7) is 0. The van der Waals surface area contributed by atoms with Gasteiger partial charge in [-0.15, -0.1) is 10.2 Å². The van der Waals surface area contributed by atoms with Crippen LogP contribution in [0.3, 0.4) is 0 Å². The van der Waals surface area contributed by atoms with E-state index in [1.165, 1.54) is 0 Å². The fourth-order valence-electron chi connectivity index (χ4n) is 4.14. The lowest BCUT2D eigenvalue weighted by molar-refractivity contribution is 1.05. The molecule has 0 spiro atoms. The van der Waals surface area contributed by atoms with Gasteiger partial charge in [0, 0.05) is 16.3 Å². The summed E-state index contributed by atoms with van der Waals surface area (Å²) in [6, 6.07) is 28.5. The molecule has 6 aromatic rings. The molecule has 0 aliphatic carbocycles. The average molecular weight is 422 g/mol. The molecule has 6 rings (SSSR count). The molecule has 148 valence electrons. The predicted molar refractivity (Wildman–Crippen MR) is 123 cm³/mol. The van der Waals surface area contributed by atoms with E-state index in [-0.39, 0.29) is 0 Å². The Hall–Kier alpha value is -3.96. The summed E-state index contributed by atoms with van der Waals surface area (Å²) in [7, 11) is 0. The molecule has 0 radical (unpaired) electrons. The van der Waals surface area contributed by atoms with Gasteiger partial charge in [-0.1, -0.05) is 78.3 Å².